The molecule has 0 spiro atoms. The first kappa shape index (κ1) is 29.3. The predicted molar refractivity (Wildman–Crippen MR) is 149 cm³/mol. The molecule has 1 N–H and O–H groups in total. The highest BCUT2D eigenvalue weighted by atomic mass is 35.5. The fraction of sp³-hybridized carbons (Fsp3) is 0.344. The number of fused-ring (bicyclic) bond motifs is 1. The lowest BCUT2D eigenvalue weighted by atomic mass is 9.85. The third-order valence-electron chi connectivity index (χ3n) is 7.87. The summed E-state index contributed by atoms with van der Waals surface area (Å²) in [6.45, 7) is 1.91. The summed E-state index contributed by atoms with van der Waals surface area (Å²) in [4.78, 5) is 13.7. The number of alkyl halides is 5. The fourth-order valence-electron chi connectivity index (χ4n) is 5.94. The van der Waals surface area contributed by atoms with Crippen molar-refractivity contribution in [3.63, 3.8) is 0 Å². The van der Waals surface area contributed by atoms with Gasteiger partial charge >= 0.3 is 12.1 Å². The molecular formula is C32H29ClF5NO2. The highest BCUT2D eigenvalue weighted by molar-refractivity contribution is 6.30. The van der Waals surface area contributed by atoms with Crippen molar-refractivity contribution in [2.75, 3.05) is 19.6 Å². The van der Waals surface area contributed by atoms with Gasteiger partial charge in [0.05, 0.1) is 11.1 Å². The van der Waals surface area contributed by atoms with E-state index in [-0.39, 0.29) is 22.6 Å². The van der Waals surface area contributed by atoms with E-state index in [0.29, 0.717) is 48.4 Å². The van der Waals surface area contributed by atoms with Crippen LogP contribution in [0.1, 0.15) is 63.0 Å². The van der Waals surface area contributed by atoms with Crippen LogP contribution in [0, 0.1) is 5.92 Å². The molecule has 0 aromatic heterocycles. The summed E-state index contributed by atoms with van der Waals surface area (Å²) in [5.41, 5.74) is 3.87. The van der Waals surface area contributed by atoms with Crippen LogP contribution >= 0.6 is 11.6 Å². The molecule has 1 heterocycles. The normalized spacial score (nSPS) is 16.5. The van der Waals surface area contributed by atoms with E-state index in [0.717, 1.165) is 42.3 Å². The van der Waals surface area contributed by atoms with Crippen LogP contribution in [-0.4, -0.2) is 42.0 Å². The van der Waals surface area contributed by atoms with Crippen molar-refractivity contribution >= 4 is 28.7 Å². The van der Waals surface area contributed by atoms with Crippen LogP contribution in [0.25, 0.3) is 11.1 Å². The Morgan fingerprint density at radius 1 is 0.976 bits per heavy atom. The Labute approximate surface area is 240 Å². The van der Waals surface area contributed by atoms with Crippen LogP contribution in [0.5, 0.6) is 0 Å². The second kappa shape index (κ2) is 11.9. The number of aromatic carboxylic acids is 1. The Morgan fingerprint density at radius 2 is 1.68 bits per heavy atom. The third kappa shape index (κ3) is 6.65. The average Bonchev–Trinajstić information content (AvgIpc) is 3.08. The van der Waals surface area contributed by atoms with Gasteiger partial charge < -0.3 is 10.0 Å². The Hall–Kier alpha value is -3.23. The van der Waals surface area contributed by atoms with Crippen LogP contribution in [0.3, 0.4) is 0 Å². The predicted octanol–water partition coefficient (Wildman–Crippen LogP) is 8.48. The van der Waals surface area contributed by atoms with E-state index in [9.17, 15) is 31.9 Å². The fourth-order valence-corrected chi connectivity index (χ4v) is 6.12. The summed E-state index contributed by atoms with van der Waals surface area (Å²) in [6.07, 6.45) is -4.81. The van der Waals surface area contributed by atoms with Gasteiger partial charge in [0.25, 0.3) is 0 Å². The molecule has 0 unspecified atom stereocenters. The van der Waals surface area contributed by atoms with Crippen LogP contribution < -0.4 is 0 Å². The van der Waals surface area contributed by atoms with E-state index in [1.54, 1.807) is 12.1 Å². The number of hydrogen-bond acceptors (Lipinski definition) is 2. The number of likely N-dealkylation sites (tertiary alicyclic amines) is 1. The van der Waals surface area contributed by atoms with Crippen molar-refractivity contribution in [2.45, 2.75) is 44.7 Å². The molecule has 1 aliphatic heterocycles. The molecule has 1 aliphatic carbocycles. The number of allylic oxidation sites excluding steroid dienone is 1. The number of carboxylic acid groups (broad SMARTS) is 1. The topological polar surface area (TPSA) is 40.5 Å². The van der Waals surface area contributed by atoms with Gasteiger partial charge in [-0.15, -0.1) is 0 Å². The Morgan fingerprint density at radius 3 is 2.34 bits per heavy atom. The molecule has 0 bridgehead atoms. The summed E-state index contributed by atoms with van der Waals surface area (Å²) < 4.78 is 67.5. The van der Waals surface area contributed by atoms with Crippen molar-refractivity contribution in [1.82, 2.24) is 4.90 Å². The maximum atomic E-state index is 14.2. The van der Waals surface area contributed by atoms with Gasteiger partial charge in [-0.1, -0.05) is 48.0 Å². The zero-order valence-electron chi connectivity index (χ0n) is 22.2. The molecule has 216 valence electrons. The summed E-state index contributed by atoms with van der Waals surface area (Å²) in [6, 6.07) is 16.4. The lowest BCUT2D eigenvalue weighted by molar-refractivity contribution is -0.137. The van der Waals surface area contributed by atoms with E-state index >= 15 is 0 Å². The van der Waals surface area contributed by atoms with E-state index in [1.807, 2.05) is 29.2 Å². The molecule has 0 amide bonds. The molecule has 1 fully saturated rings. The third-order valence-corrected chi connectivity index (χ3v) is 8.11. The SMILES string of the molecule is O=C(O)c1ccc2c(c1)CCCC(c1ccc(Cl)cc1C(F)(F)F)=C2c1ccc(CC2CN(CCC(F)F)C2)cc1. The van der Waals surface area contributed by atoms with Gasteiger partial charge in [-0.3, -0.25) is 0 Å². The summed E-state index contributed by atoms with van der Waals surface area (Å²) in [5.74, 6) is -0.697. The van der Waals surface area contributed by atoms with Crippen LogP contribution in [0.2, 0.25) is 5.02 Å². The minimum atomic E-state index is -4.61. The summed E-state index contributed by atoms with van der Waals surface area (Å²) in [7, 11) is 0. The number of carboxylic acids is 1. The second-order valence-electron chi connectivity index (χ2n) is 10.8. The average molecular weight is 590 g/mol. The molecule has 3 nitrogen and oxygen atoms in total. The maximum absolute atomic E-state index is 14.2. The highest BCUT2D eigenvalue weighted by Gasteiger charge is 2.36. The number of benzene rings is 3. The lowest BCUT2D eigenvalue weighted by Gasteiger charge is -2.39. The maximum Gasteiger partial charge on any atom is 0.417 e. The van der Waals surface area contributed by atoms with Gasteiger partial charge in [0, 0.05) is 31.1 Å². The Bertz CT molecular complexity index is 1460. The molecule has 2 aliphatic rings. The molecule has 41 heavy (non-hydrogen) atoms. The van der Waals surface area contributed by atoms with E-state index in [4.69, 9.17) is 11.6 Å². The Balaban J connectivity index is 1.54. The van der Waals surface area contributed by atoms with Crippen molar-refractivity contribution in [2.24, 2.45) is 5.92 Å². The van der Waals surface area contributed by atoms with Crippen LogP contribution in [0.15, 0.2) is 60.7 Å². The van der Waals surface area contributed by atoms with Gasteiger partial charge in [-0.25, -0.2) is 13.6 Å². The first-order valence-corrected chi connectivity index (χ1v) is 13.9. The monoisotopic (exact) mass is 589 g/mol. The van der Waals surface area contributed by atoms with Crippen molar-refractivity contribution in [3.8, 4) is 0 Å². The molecule has 5 rings (SSSR count). The minimum absolute atomic E-state index is 0.00327. The van der Waals surface area contributed by atoms with E-state index in [2.05, 4.69) is 0 Å². The quantitative estimate of drug-likeness (QED) is 0.268. The van der Waals surface area contributed by atoms with Gasteiger partial charge in [0.1, 0.15) is 0 Å². The number of rotatable bonds is 8. The molecule has 0 atom stereocenters. The van der Waals surface area contributed by atoms with Gasteiger partial charge in [0.2, 0.25) is 6.43 Å². The van der Waals surface area contributed by atoms with Crippen LogP contribution in [0.4, 0.5) is 22.0 Å². The van der Waals surface area contributed by atoms with E-state index < -0.39 is 24.1 Å². The largest absolute Gasteiger partial charge is 0.478 e. The standard InChI is InChI=1S/C32H29ClF5NO2/c33-24-9-11-26(28(16-24)32(36,37)38)27-3-1-2-22-15-23(31(40)41)8-10-25(22)30(27)21-6-4-19(5-7-21)14-20-17-39(18-20)13-12-29(34)35/h4-11,15-16,20,29H,1-3,12-14,17-18H2,(H,40,41). The molecule has 0 radical (unpaired) electrons. The molecule has 9 heteroatoms. The van der Waals surface area contributed by atoms with Crippen molar-refractivity contribution in [1.29, 1.82) is 0 Å². The zero-order valence-corrected chi connectivity index (χ0v) is 22.9. The number of aryl methyl sites for hydroxylation is 1. The number of halogens is 6. The lowest BCUT2D eigenvalue weighted by Crippen LogP contribution is -2.48. The van der Waals surface area contributed by atoms with Gasteiger partial charge in [-0.2, -0.15) is 13.2 Å². The molecule has 1 saturated heterocycles. The van der Waals surface area contributed by atoms with Gasteiger partial charge in [-0.05, 0) is 94.8 Å². The summed E-state index contributed by atoms with van der Waals surface area (Å²) >= 11 is 5.98. The first-order chi connectivity index (χ1) is 19.5. The highest BCUT2D eigenvalue weighted by Crippen LogP contribution is 2.45. The number of nitrogens with zero attached hydrogens (tertiary/aromatic N) is 1. The molecule has 3 aromatic rings. The molecular weight excluding hydrogens is 561 g/mol. The Kier molecular flexibility index (Phi) is 8.52. The zero-order chi connectivity index (χ0) is 29.3. The second-order valence-corrected chi connectivity index (χ2v) is 11.2. The number of hydrogen-bond donors (Lipinski definition) is 1. The van der Waals surface area contributed by atoms with Gasteiger partial charge in [0.15, 0.2) is 0 Å². The number of carbonyl (C=O) groups is 1. The first-order valence-electron chi connectivity index (χ1n) is 13.6. The van der Waals surface area contributed by atoms with Crippen LogP contribution in [-0.2, 0) is 19.0 Å². The molecule has 0 saturated carbocycles. The smallest absolute Gasteiger partial charge is 0.417 e. The van der Waals surface area contributed by atoms with Crippen molar-refractivity contribution < 1.29 is 31.9 Å². The molecule has 3 aromatic carbocycles. The van der Waals surface area contributed by atoms with Crippen molar-refractivity contribution in [3.05, 3.63) is 105 Å². The van der Waals surface area contributed by atoms with E-state index in [1.165, 1.54) is 18.2 Å². The minimum Gasteiger partial charge on any atom is -0.478 e. The summed E-state index contributed by atoms with van der Waals surface area (Å²) in [5, 5.41) is 9.53.